The van der Waals surface area contributed by atoms with Crippen LogP contribution in [0.2, 0.25) is 0 Å². The molecule has 2 amide bonds. The second-order valence-corrected chi connectivity index (χ2v) is 6.02. The van der Waals surface area contributed by atoms with Crippen molar-refractivity contribution in [3.05, 3.63) is 29.8 Å². The van der Waals surface area contributed by atoms with Gasteiger partial charge < -0.3 is 16.4 Å². The van der Waals surface area contributed by atoms with Gasteiger partial charge in [0, 0.05) is 41.1 Å². The molecule has 1 aromatic rings. The summed E-state index contributed by atoms with van der Waals surface area (Å²) in [6.07, 6.45) is 2.35. The Labute approximate surface area is 116 Å². The summed E-state index contributed by atoms with van der Waals surface area (Å²) >= 11 is 0. The molecule has 19 heavy (non-hydrogen) atoms. The van der Waals surface area contributed by atoms with Crippen molar-refractivity contribution in [1.29, 1.82) is 0 Å². The summed E-state index contributed by atoms with van der Waals surface area (Å²) in [6.45, 7) is 2.33. The first-order valence-corrected chi connectivity index (χ1v) is 7.90. The van der Waals surface area contributed by atoms with Crippen LogP contribution in [0.5, 0.6) is 0 Å². The smallest absolute Gasteiger partial charge is 0.319 e. The van der Waals surface area contributed by atoms with Gasteiger partial charge in [-0.2, -0.15) is 0 Å². The molecule has 0 aromatic heterocycles. The van der Waals surface area contributed by atoms with E-state index in [4.69, 9.17) is 5.73 Å². The molecule has 0 spiro atoms. The third-order valence-electron chi connectivity index (χ3n) is 2.64. The third-order valence-corrected chi connectivity index (χ3v) is 3.45. The quantitative estimate of drug-likeness (QED) is 0.738. The van der Waals surface area contributed by atoms with Gasteiger partial charge in [0.05, 0.1) is 0 Å². The maximum Gasteiger partial charge on any atom is 0.319 e. The van der Waals surface area contributed by atoms with Crippen molar-refractivity contribution in [3.8, 4) is 0 Å². The highest BCUT2D eigenvalue weighted by atomic mass is 32.2. The molecule has 0 aliphatic heterocycles. The first-order valence-electron chi connectivity index (χ1n) is 6.18. The van der Waals surface area contributed by atoms with Gasteiger partial charge in [-0.25, -0.2) is 4.79 Å². The minimum Gasteiger partial charge on any atom is -0.335 e. The minimum absolute atomic E-state index is 0.0124. The Bertz CT molecular complexity index is 451. The maximum atomic E-state index is 11.7. The lowest BCUT2D eigenvalue weighted by Gasteiger charge is -2.14. The summed E-state index contributed by atoms with van der Waals surface area (Å²) in [5.74, 6) is 0.587. The number of anilines is 1. The van der Waals surface area contributed by atoms with Gasteiger partial charge in [0.2, 0.25) is 0 Å². The van der Waals surface area contributed by atoms with Gasteiger partial charge in [-0.1, -0.05) is 12.1 Å². The van der Waals surface area contributed by atoms with Crippen LogP contribution in [0.15, 0.2) is 24.3 Å². The van der Waals surface area contributed by atoms with Crippen LogP contribution in [-0.4, -0.2) is 28.3 Å². The molecular formula is C13H21N3O2S. The van der Waals surface area contributed by atoms with E-state index in [2.05, 4.69) is 10.6 Å². The fourth-order valence-corrected chi connectivity index (χ4v) is 2.27. The van der Waals surface area contributed by atoms with Crippen LogP contribution in [0.3, 0.4) is 0 Å². The number of hydrogen-bond donors (Lipinski definition) is 3. The minimum atomic E-state index is -0.829. The third kappa shape index (κ3) is 6.35. The van der Waals surface area contributed by atoms with Crippen molar-refractivity contribution in [2.24, 2.45) is 5.73 Å². The number of amides is 2. The van der Waals surface area contributed by atoms with E-state index >= 15 is 0 Å². The number of rotatable bonds is 6. The molecule has 0 saturated carbocycles. The molecule has 1 rings (SSSR count). The lowest BCUT2D eigenvalue weighted by Crippen LogP contribution is -2.36. The number of carbonyl (C=O) groups excluding carboxylic acids is 1. The van der Waals surface area contributed by atoms with E-state index in [0.29, 0.717) is 24.4 Å². The molecule has 2 unspecified atom stereocenters. The van der Waals surface area contributed by atoms with E-state index < -0.39 is 10.8 Å². The Hall–Kier alpha value is -1.40. The predicted molar refractivity (Wildman–Crippen MR) is 79.5 cm³/mol. The number of nitrogens with two attached hydrogens (primary N) is 1. The second-order valence-electron chi connectivity index (χ2n) is 4.47. The molecule has 0 aliphatic rings. The monoisotopic (exact) mass is 283 g/mol. The first-order chi connectivity index (χ1) is 9.01. The molecule has 0 bridgehead atoms. The van der Waals surface area contributed by atoms with Gasteiger partial charge in [-0.15, -0.1) is 0 Å². The summed E-state index contributed by atoms with van der Waals surface area (Å²) in [5.41, 5.74) is 7.22. The highest BCUT2D eigenvalue weighted by Crippen LogP contribution is 2.09. The van der Waals surface area contributed by atoms with E-state index in [-0.39, 0.29) is 12.1 Å². The molecule has 106 valence electrons. The lowest BCUT2D eigenvalue weighted by molar-refractivity contribution is 0.249. The van der Waals surface area contributed by atoms with E-state index in [9.17, 15) is 9.00 Å². The van der Waals surface area contributed by atoms with E-state index in [1.165, 1.54) is 0 Å². The number of nitrogens with one attached hydrogen (secondary N) is 2. The molecule has 0 aliphatic carbocycles. The molecule has 1 aromatic carbocycles. The fourth-order valence-electron chi connectivity index (χ4n) is 1.58. The number of hydrogen-bond acceptors (Lipinski definition) is 3. The number of carbonyl (C=O) groups is 1. The van der Waals surface area contributed by atoms with Crippen molar-refractivity contribution in [1.82, 2.24) is 5.32 Å². The summed E-state index contributed by atoms with van der Waals surface area (Å²) < 4.78 is 11.0. The van der Waals surface area contributed by atoms with Crippen molar-refractivity contribution in [3.63, 3.8) is 0 Å². The van der Waals surface area contributed by atoms with Crippen LogP contribution < -0.4 is 16.4 Å². The standard InChI is InChI=1S/C13H21N3O2S/c1-10(6-7-19(2)18)15-13(17)16-12-5-3-4-11(8-12)9-14/h3-5,8,10H,6-7,9,14H2,1-2H3,(H2,15,16,17). The zero-order valence-electron chi connectivity index (χ0n) is 11.3. The van der Waals surface area contributed by atoms with Crippen LogP contribution in [0.25, 0.3) is 0 Å². The van der Waals surface area contributed by atoms with Crippen LogP contribution in [-0.2, 0) is 17.3 Å². The lowest BCUT2D eigenvalue weighted by atomic mass is 10.2. The van der Waals surface area contributed by atoms with Crippen molar-refractivity contribution >= 4 is 22.5 Å². The number of benzene rings is 1. The normalized spacial score (nSPS) is 13.6. The van der Waals surface area contributed by atoms with Crippen molar-refractivity contribution < 1.29 is 9.00 Å². The molecule has 0 saturated heterocycles. The molecule has 5 nitrogen and oxygen atoms in total. The molecule has 0 radical (unpaired) electrons. The van der Waals surface area contributed by atoms with Gasteiger partial charge in [-0.05, 0) is 31.0 Å². The van der Waals surface area contributed by atoms with Gasteiger partial charge in [-0.3, -0.25) is 4.21 Å². The maximum absolute atomic E-state index is 11.7. The van der Waals surface area contributed by atoms with E-state index in [1.54, 1.807) is 6.26 Å². The van der Waals surface area contributed by atoms with Crippen LogP contribution in [0, 0.1) is 0 Å². The predicted octanol–water partition coefficient (Wildman–Crippen LogP) is 1.42. The second kappa shape index (κ2) is 7.91. The van der Waals surface area contributed by atoms with Gasteiger partial charge in [0.1, 0.15) is 0 Å². The van der Waals surface area contributed by atoms with Crippen molar-refractivity contribution in [2.75, 3.05) is 17.3 Å². The molecule has 4 N–H and O–H groups in total. The zero-order valence-corrected chi connectivity index (χ0v) is 12.1. The van der Waals surface area contributed by atoms with E-state index in [1.807, 2.05) is 31.2 Å². The Morgan fingerprint density at radius 3 is 2.84 bits per heavy atom. The van der Waals surface area contributed by atoms with Gasteiger partial charge in [0.15, 0.2) is 0 Å². The van der Waals surface area contributed by atoms with Crippen LogP contribution in [0.4, 0.5) is 10.5 Å². The molecule has 0 fully saturated rings. The Morgan fingerprint density at radius 1 is 1.47 bits per heavy atom. The average molecular weight is 283 g/mol. The van der Waals surface area contributed by atoms with Crippen molar-refractivity contribution in [2.45, 2.75) is 25.9 Å². The topological polar surface area (TPSA) is 84.2 Å². The summed E-state index contributed by atoms with van der Waals surface area (Å²) in [6, 6.07) is 7.13. The largest absolute Gasteiger partial charge is 0.335 e. The highest BCUT2D eigenvalue weighted by molar-refractivity contribution is 7.84. The molecule has 6 heteroatoms. The first kappa shape index (κ1) is 15.7. The Balaban J connectivity index is 2.43. The zero-order chi connectivity index (χ0) is 14.3. The summed E-state index contributed by atoms with van der Waals surface area (Å²) in [5, 5.41) is 5.56. The van der Waals surface area contributed by atoms with Crippen LogP contribution >= 0.6 is 0 Å². The van der Waals surface area contributed by atoms with Gasteiger partial charge >= 0.3 is 6.03 Å². The summed E-state index contributed by atoms with van der Waals surface area (Å²) in [7, 11) is -0.829. The highest BCUT2D eigenvalue weighted by Gasteiger charge is 2.08. The SMILES string of the molecule is CC(CCS(C)=O)NC(=O)Nc1cccc(CN)c1. The van der Waals surface area contributed by atoms with E-state index in [0.717, 1.165) is 5.56 Å². The number of urea groups is 1. The Morgan fingerprint density at radius 2 is 2.21 bits per heavy atom. The average Bonchev–Trinajstić information content (AvgIpc) is 2.36. The Kier molecular flexibility index (Phi) is 6.52. The molecular weight excluding hydrogens is 262 g/mol. The fraction of sp³-hybridized carbons (Fsp3) is 0.462. The van der Waals surface area contributed by atoms with Gasteiger partial charge in [0.25, 0.3) is 0 Å². The summed E-state index contributed by atoms with van der Waals surface area (Å²) in [4.78, 5) is 11.7. The molecule has 2 atom stereocenters. The molecule has 0 heterocycles. The van der Waals surface area contributed by atoms with Crippen LogP contribution in [0.1, 0.15) is 18.9 Å².